The van der Waals surface area contributed by atoms with Crippen molar-refractivity contribution in [3.8, 4) is 17.5 Å². The van der Waals surface area contributed by atoms with Gasteiger partial charge in [0.15, 0.2) is 5.76 Å². The van der Waals surface area contributed by atoms with Gasteiger partial charge >= 0.3 is 0 Å². The van der Waals surface area contributed by atoms with Crippen molar-refractivity contribution in [3.05, 3.63) is 30.2 Å². The van der Waals surface area contributed by atoms with E-state index in [1.165, 1.54) is 0 Å². The lowest BCUT2D eigenvalue weighted by Crippen LogP contribution is -2.21. The van der Waals surface area contributed by atoms with Crippen LogP contribution in [0.4, 0.5) is 5.95 Å². The predicted molar refractivity (Wildman–Crippen MR) is 65.9 cm³/mol. The Hall–Kier alpha value is -2.35. The van der Waals surface area contributed by atoms with Crippen LogP contribution in [0, 0.1) is 11.3 Å². The van der Waals surface area contributed by atoms with E-state index in [1.54, 1.807) is 18.4 Å². The minimum Gasteiger partial charge on any atom is -0.463 e. The Morgan fingerprint density at radius 1 is 1.28 bits per heavy atom. The van der Waals surface area contributed by atoms with Crippen molar-refractivity contribution < 1.29 is 4.42 Å². The number of hydrogen-bond acceptors (Lipinski definition) is 5. The summed E-state index contributed by atoms with van der Waals surface area (Å²) in [6.45, 7) is 1.90. The minimum atomic E-state index is 0.373. The quantitative estimate of drug-likeness (QED) is 0.805. The Labute approximate surface area is 105 Å². The third kappa shape index (κ3) is 1.93. The highest BCUT2D eigenvalue weighted by Crippen LogP contribution is 2.22. The van der Waals surface area contributed by atoms with Gasteiger partial charge in [0.05, 0.1) is 6.26 Å². The largest absolute Gasteiger partial charge is 0.463 e. The van der Waals surface area contributed by atoms with Crippen molar-refractivity contribution in [1.29, 1.82) is 5.26 Å². The minimum absolute atomic E-state index is 0.373. The molecule has 0 amide bonds. The average molecular weight is 240 g/mol. The molecule has 0 atom stereocenters. The lowest BCUT2D eigenvalue weighted by Gasteiger charge is -2.15. The maximum Gasteiger partial charge on any atom is 0.227 e. The molecule has 90 valence electrons. The van der Waals surface area contributed by atoms with E-state index in [4.69, 9.17) is 9.68 Å². The molecule has 3 rings (SSSR count). The fourth-order valence-electron chi connectivity index (χ4n) is 2.10. The summed E-state index contributed by atoms with van der Waals surface area (Å²) in [5.74, 6) is 1.28. The molecule has 1 aliphatic heterocycles. The highest BCUT2D eigenvalue weighted by Gasteiger charge is 2.17. The second-order valence-corrected chi connectivity index (χ2v) is 4.22. The molecular weight excluding hydrogens is 228 g/mol. The molecule has 0 saturated carbocycles. The third-order valence-corrected chi connectivity index (χ3v) is 2.99. The summed E-state index contributed by atoms with van der Waals surface area (Å²) in [6, 6.07) is 7.36. The fourth-order valence-corrected chi connectivity index (χ4v) is 2.10. The second-order valence-electron chi connectivity index (χ2n) is 4.22. The Kier molecular flexibility index (Phi) is 2.69. The van der Waals surface area contributed by atoms with Crippen LogP contribution in [0.2, 0.25) is 0 Å². The highest BCUT2D eigenvalue weighted by molar-refractivity contribution is 5.56. The summed E-state index contributed by atoms with van der Waals surface area (Å²) in [4.78, 5) is 10.8. The first-order valence-electron chi connectivity index (χ1n) is 5.95. The molecule has 3 heterocycles. The zero-order chi connectivity index (χ0) is 12.4. The molecule has 0 aromatic carbocycles. The first-order chi connectivity index (χ1) is 8.86. The fraction of sp³-hybridized carbons (Fsp3) is 0.308. The summed E-state index contributed by atoms with van der Waals surface area (Å²) < 4.78 is 5.32. The van der Waals surface area contributed by atoms with E-state index in [0.29, 0.717) is 23.1 Å². The van der Waals surface area contributed by atoms with Crippen molar-refractivity contribution in [2.75, 3.05) is 18.0 Å². The Morgan fingerprint density at radius 2 is 2.11 bits per heavy atom. The molecule has 0 aliphatic carbocycles. The topological polar surface area (TPSA) is 66.0 Å². The predicted octanol–water partition coefficient (Wildman–Crippen LogP) is 2.21. The molecule has 1 saturated heterocycles. The zero-order valence-electron chi connectivity index (χ0n) is 9.83. The highest BCUT2D eigenvalue weighted by atomic mass is 16.3. The van der Waals surface area contributed by atoms with Crippen LogP contribution in [-0.4, -0.2) is 23.1 Å². The average Bonchev–Trinajstić information content (AvgIpc) is 3.10. The number of rotatable bonds is 2. The first-order valence-corrected chi connectivity index (χ1v) is 5.95. The van der Waals surface area contributed by atoms with E-state index < -0.39 is 0 Å². The Balaban J connectivity index is 2.04. The molecule has 0 N–H and O–H groups in total. The van der Waals surface area contributed by atoms with E-state index in [2.05, 4.69) is 20.9 Å². The maximum atomic E-state index is 9.04. The number of nitriles is 1. The Bertz CT molecular complexity index is 580. The van der Waals surface area contributed by atoms with Crippen molar-refractivity contribution in [2.24, 2.45) is 0 Å². The molecule has 0 spiro atoms. The lowest BCUT2D eigenvalue weighted by atomic mass is 10.3. The summed E-state index contributed by atoms with van der Waals surface area (Å²) in [5.41, 5.74) is 1.03. The molecule has 2 aromatic heterocycles. The van der Waals surface area contributed by atoms with Gasteiger partial charge in [0, 0.05) is 19.2 Å². The van der Waals surface area contributed by atoms with Crippen LogP contribution < -0.4 is 4.90 Å². The number of aromatic nitrogens is 2. The van der Waals surface area contributed by atoms with Crippen molar-refractivity contribution in [1.82, 2.24) is 9.97 Å². The summed E-state index contributed by atoms with van der Waals surface area (Å²) in [6.07, 6.45) is 3.89. The van der Waals surface area contributed by atoms with Gasteiger partial charge in [-0.2, -0.15) is 5.26 Å². The standard InChI is InChI=1S/C13H12N4O/c14-9-10-8-11(12-4-3-7-18-12)16-13(15-10)17-5-1-2-6-17/h3-4,7-8H,1-2,5-6H2. The molecular formula is C13H12N4O. The van der Waals surface area contributed by atoms with Crippen molar-refractivity contribution >= 4 is 5.95 Å². The molecule has 5 nitrogen and oxygen atoms in total. The summed E-state index contributed by atoms with van der Waals surface area (Å²) in [5, 5.41) is 9.04. The van der Waals surface area contributed by atoms with Crippen molar-refractivity contribution in [2.45, 2.75) is 12.8 Å². The van der Waals surface area contributed by atoms with Gasteiger partial charge < -0.3 is 9.32 Å². The third-order valence-electron chi connectivity index (χ3n) is 2.99. The van der Waals surface area contributed by atoms with Gasteiger partial charge in [0.1, 0.15) is 17.5 Å². The number of anilines is 1. The SMILES string of the molecule is N#Cc1cc(-c2ccco2)nc(N2CCCC2)n1. The van der Waals surface area contributed by atoms with Gasteiger partial charge in [0.25, 0.3) is 0 Å². The molecule has 0 bridgehead atoms. The molecule has 0 unspecified atom stereocenters. The van der Waals surface area contributed by atoms with Gasteiger partial charge in [-0.05, 0) is 25.0 Å². The maximum absolute atomic E-state index is 9.04. The van der Waals surface area contributed by atoms with Crippen LogP contribution in [0.1, 0.15) is 18.5 Å². The van der Waals surface area contributed by atoms with Gasteiger partial charge in [-0.3, -0.25) is 0 Å². The van der Waals surface area contributed by atoms with Crippen LogP contribution >= 0.6 is 0 Å². The van der Waals surface area contributed by atoms with E-state index in [-0.39, 0.29) is 0 Å². The van der Waals surface area contributed by atoms with Gasteiger partial charge in [-0.1, -0.05) is 0 Å². The first kappa shape index (κ1) is 10.8. The lowest BCUT2D eigenvalue weighted by molar-refractivity contribution is 0.579. The second kappa shape index (κ2) is 4.49. The molecule has 5 heteroatoms. The van der Waals surface area contributed by atoms with Gasteiger partial charge in [-0.15, -0.1) is 0 Å². The van der Waals surface area contributed by atoms with E-state index in [0.717, 1.165) is 25.9 Å². The van der Waals surface area contributed by atoms with Gasteiger partial charge in [0.2, 0.25) is 5.95 Å². The van der Waals surface area contributed by atoms with E-state index >= 15 is 0 Å². The molecule has 1 fully saturated rings. The smallest absolute Gasteiger partial charge is 0.227 e. The monoisotopic (exact) mass is 240 g/mol. The molecule has 0 radical (unpaired) electrons. The van der Waals surface area contributed by atoms with Crippen LogP contribution in [0.5, 0.6) is 0 Å². The van der Waals surface area contributed by atoms with Crippen LogP contribution in [-0.2, 0) is 0 Å². The number of furan rings is 1. The Morgan fingerprint density at radius 3 is 2.78 bits per heavy atom. The summed E-state index contributed by atoms with van der Waals surface area (Å²) in [7, 11) is 0. The normalized spacial score (nSPS) is 14.7. The van der Waals surface area contributed by atoms with Crippen LogP contribution in [0.15, 0.2) is 28.9 Å². The number of nitrogens with zero attached hydrogens (tertiary/aromatic N) is 4. The summed E-state index contributed by atoms with van der Waals surface area (Å²) >= 11 is 0. The molecule has 2 aromatic rings. The van der Waals surface area contributed by atoms with Crippen LogP contribution in [0.25, 0.3) is 11.5 Å². The van der Waals surface area contributed by atoms with Crippen molar-refractivity contribution in [3.63, 3.8) is 0 Å². The van der Waals surface area contributed by atoms with Gasteiger partial charge in [-0.25, -0.2) is 9.97 Å². The van der Waals surface area contributed by atoms with E-state index in [9.17, 15) is 0 Å². The molecule has 18 heavy (non-hydrogen) atoms. The zero-order valence-corrected chi connectivity index (χ0v) is 9.83. The van der Waals surface area contributed by atoms with Crippen LogP contribution in [0.3, 0.4) is 0 Å². The number of hydrogen-bond donors (Lipinski definition) is 0. The molecule has 1 aliphatic rings. The van der Waals surface area contributed by atoms with E-state index in [1.807, 2.05) is 6.07 Å².